The van der Waals surface area contributed by atoms with Crippen LogP contribution in [0, 0.1) is 0 Å². The summed E-state index contributed by atoms with van der Waals surface area (Å²) in [6, 6.07) is 4.26. The molecule has 6 heteroatoms. The van der Waals surface area contributed by atoms with Gasteiger partial charge in [0.2, 0.25) is 11.8 Å². The van der Waals surface area contributed by atoms with Crippen LogP contribution in [-0.2, 0) is 9.59 Å². The van der Waals surface area contributed by atoms with Crippen molar-refractivity contribution in [3.63, 3.8) is 0 Å². The highest BCUT2D eigenvalue weighted by Crippen LogP contribution is 2.19. The molecule has 0 aliphatic carbocycles. The van der Waals surface area contributed by atoms with Crippen molar-refractivity contribution in [2.45, 2.75) is 31.8 Å². The van der Waals surface area contributed by atoms with Crippen molar-refractivity contribution in [3.8, 4) is 0 Å². The molecule has 6 nitrogen and oxygen atoms in total. The number of nitrogens with two attached hydrogens (primary N) is 1. The van der Waals surface area contributed by atoms with Crippen LogP contribution < -0.4 is 11.1 Å². The van der Waals surface area contributed by atoms with Crippen molar-refractivity contribution >= 4 is 17.6 Å². The SMILES string of the molecule is C[C@@H](N)C(=O)N1CCC[C@H]1C(=O)Nc1ccccn1. The van der Waals surface area contributed by atoms with E-state index in [4.69, 9.17) is 5.73 Å². The number of pyridine rings is 1. The maximum Gasteiger partial charge on any atom is 0.248 e. The lowest BCUT2D eigenvalue weighted by Gasteiger charge is -2.25. The number of nitrogens with one attached hydrogen (secondary N) is 1. The maximum atomic E-state index is 12.2. The Morgan fingerprint density at radius 1 is 1.53 bits per heavy atom. The van der Waals surface area contributed by atoms with Gasteiger partial charge in [-0.3, -0.25) is 9.59 Å². The zero-order chi connectivity index (χ0) is 13.8. The number of rotatable bonds is 3. The van der Waals surface area contributed by atoms with E-state index < -0.39 is 12.1 Å². The van der Waals surface area contributed by atoms with Gasteiger partial charge in [-0.05, 0) is 31.9 Å². The second-order valence-corrected chi connectivity index (χ2v) is 4.68. The van der Waals surface area contributed by atoms with Gasteiger partial charge in [0, 0.05) is 12.7 Å². The van der Waals surface area contributed by atoms with E-state index in [1.54, 1.807) is 36.2 Å². The van der Waals surface area contributed by atoms with Gasteiger partial charge >= 0.3 is 0 Å². The molecule has 19 heavy (non-hydrogen) atoms. The molecule has 1 aliphatic heterocycles. The predicted octanol–water partition coefficient (Wildman–Crippen LogP) is 0.358. The molecule has 0 radical (unpaired) electrons. The second kappa shape index (κ2) is 5.79. The lowest BCUT2D eigenvalue weighted by molar-refractivity contribution is -0.137. The molecule has 0 aromatic carbocycles. The molecule has 1 aromatic heterocycles. The molecule has 2 amide bonds. The summed E-state index contributed by atoms with van der Waals surface area (Å²) in [5, 5.41) is 2.72. The molecule has 3 N–H and O–H groups in total. The summed E-state index contributed by atoms with van der Waals surface area (Å²) in [6.07, 6.45) is 3.09. The Kier molecular flexibility index (Phi) is 4.11. The normalized spacial score (nSPS) is 20.1. The van der Waals surface area contributed by atoms with Crippen molar-refractivity contribution in [2.24, 2.45) is 5.73 Å². The molecule has 1 fully saturated rings. The third-order valence-corrected chi connectivity index (χ3v) is 3.14. The number of anilines is 1. The topological polar surface area (TPSA) is 88.3 Å². The zero-order valence-corrected chi connectivity index (χ0v) is 10.9. The van der Waals surface area contributed by atoms with E-state index in [-0.39, 0.29) is 11.8 Å². The van der Waals surface area contributed by atoms with Crippen LogP contribution in [0.2, 0.25) is 0 Å². The molecule has 0 bridgehead atoms. The van der Waals surface area contributed by atoms with E-state index in [0.717, 1.165) is 6.42 Å². The monoisotopic (exact) mass is 262 g/mol. The number of carbonyl (C=O) groups excluding carboxylic acids is 2. The molecule has 0 spiro atoms. The van der Waals surface area contributed by atoms with Crippen molar-refractivity contribution < 1.29 is 9.59 Å². The molecular weight excluding hydrogens is 244 g/mol. The molecule has 1 aliphatic rings. The van der Waals surface area contributed by atoms with Crippen LogP contribution >= 0.6 is 0 Å². The van der Waals surface area contributed by atoms with Crippen LogP contribution in [0.1, 0.15) is 19.8 Å². The van der Waals surface area contributed by atoms with E-state index >= 15 is 0 Å². The molecule has 2 rings (SSSR count). The second-order valence-electron chi connectivity index (χ2n) is 4.68. The lowest BCUT2D eigenvalue weighted by Crippen LogP contribution is -2.48. The highest BCUT2D eigenvalue weighted by atomic mass is 16.2. The predicted molar refractivity (Wildman–Crippen MR) is 71.3 cm³/mol. The molecule has 2 atom stereocenters. The number of likely N-dealkylation sites (tertiary alicyclic amines) is 1. The van der Waals surface area contributed by atoms with Crippen LogP contribution in [0.3, 0.4) is 0 Å². The first-order valence-corrected chi connectivity index (χ1v) is 6.37. The Labute approximate surface area is 112 Å². The smallest absolute Gasteiger partial charge is 0.248 e. The van der Waals surface area contributed by atoms with Gasteiger partial charge in [0.15, 0.2) is 0 Å². The van der Waals surface area contributed by atoms with Gasteiger partial charge in [-0.1, -0.05) is 6.07 Å². The molecule has 2 heterocycles. The average Bonchev–Trinajstić information content (AvgIpc) is 2.88. The quantitative estimate of drug-likeness (QED) is 0.823. The van der Waals surface area contributed by atoms with Gasteiger partial charge in [-0.2, -0.15) is 0 Å². The number of hydrogen-bond acceptors (Lipinski definition) is 4. The Balaban J connectivity index is 2.04. The van der Waals surface area contributed by atoms with Crippen LogP contribution in [0.15, 0.2) is 24.4 Å². The summed E-state index contributed by atoms with van der Waals surface area (Å²) in [6.45, 7) is 2.22. The first kappa shape index (κ1) is 13.5. The fourth-order valence-electron chi connectivity index (χ4n) is 2.21. The first-order valence-electron chi connectivity index (χ1n) is 6.37. The number of aromatic nitrogens is 1. The largest absolute Gasteiger partial charge is 0.329 e. The Bertz CT molecular complexity index is 461. The van der Waals surface area contributed by atoms with Gasteiger partial charge in [0.1, 0.15) is 11.9 Å². The van der Waals surface area contributed by atoms with Crippen LogP contribution in [0.25, 0.3) is 0 Å². The zero-order valence-electron chi connectivity index (χ0n) is 10.9. The summed E-state index contributed by atoms with van der Waals surface area (Å²) >= 11 is 0. The molecule has 102 valence electrons. The summed E-state index contributed by atoms with van der Waals surface area (Å²) in [5.74, 6) is 0.108. The molecule has 0 unspecified atom stereocenters. The van der Waals surface area contributed by atoms with E-state index in [9.17, 15) is 9.59 Å². The van der Waals surface area contributed by atoms with Crippen molar-refractivity contribution in [1.82, 2.24) is 9.88 Å². The third kappa shape index (κ3) is 3.08. The molecule has 1 aromatic rings. The highest BCUT2D eigenvalue weighted by Gasteiger charge is 2.35. The Morgan fingerprint density at radius 3 is 2.95 bits per heavy atom. The summed E-state index contributed by atoms with van der Waals surface area (Å²) in [7, 11) is 0. The summed E-state index contributed by atoms with van der Waals surface area (Å²) in [5.41, 5.74) is 5.60. The minimum Gasteiger partial charge on any atom is -0.329 e. The standard InChI is InChI=1S/C13H18N4O2/c1-9(14)13(19)17-8-4-5-10(17)12(18)16-11-6-2-3-7-15-11/h2-3,6-7,9-10H,4-5,8,14H2,1H3,(H,15,16,18)/t9-,10+/m1/s1. The minimum absolute atomic E-state index is 0.182. The fraction of sp³-hybridized carbons (Fsp3) is 0.462. The van der Waals surface area contributed by atoms with E-state index in [1.807, 2.05) is 0 Å². The number of nitrogens with zero attached hydrogens (tertiary/aromatic N) is 2. The fourth-order valence-corrected chi connectivity index (χ4v) is 2.21. The van der Waals surface area contributed by atoms with E-state index in [1.165, 1.54) is 0 Å². The molecule has 1 saturated heterocycles. The number of amides is 2. The van der Waals surface area contributed by atoms with Crippen LogP contribution in [0.4, 0.5) is 5.82 Å². The molecular formula is C13H18N4O2. The van der Waals surface area contributed by atoms with Crippen LogP contribution in [0.5, 0.6) is 0 Å². The van der Waals surface area contributed by atoms with Gasteiger partial charge in [-0.15, -0.1) is 0 Å². The molecule has 0 saturated carbocycles. The number of carbonyl (C=O) groups is 2. The minimum atomic E-state index is -0.580. The summed E-state index contributed by atoms with van der Waals surface area (Å²) in [4.78, 5) is 29.7. The number of hydrogen-bond donors (Lipinski definition) is 2. The van der Waals surface area contributed by atoms with Crippen molar-refractivity contribution in [2.75, 3.05) is 11.9 Å². The van der Waals surface area contributed by atoms with Gasteiger partial charge < -0.3 is 16.0 Å². The Morgan fingerprint density at radius 2 is 2.32 bits per heavy atom. The first-order chi connectivity index (χ1) is 9.09. The van der Waals surface area contributed by atoms with Crippen molar-refractivity contribution in [3.05, 3.63) is 24.4 Å². The average molecular weight is 262 g/mol. The van der Waals surface area contributed by atoms with Gasteiger partial charge in [0.05, 0.1) is 6.04 Å². The maximum absolute atomic E-state index is 12.2. The third-order valence-electron chi connectivity index (χ3n) is 3.14. The Hall–Kier alpha value is -1.95. The van der Waals surface area contributed by atoms with E-state index in [2.05, 4.69) is 10.3 Å². The van der Waals surface area contributed by atoms with Crippen LogP contribution in [-0.4, -0.2) is 40.3 Å². The van der Waals surface area contributed by atoms with Gasteiger partial charge in [0.25, 0.3) is 0 Å². The van der Waals surface area contributed by atoms with Gasteiger partial charge in [-0.25, -0.2) is 4.98 Å². The van der Waals surface area contributed by atoms with E-state index in [0.29, 0.717) is 18.8 Å². The van der Waals surface area contributed by atoms with Crippen molar-refractivity contribution in [1.29, 1.82) is 0 Å². The lowest BCUT2D eigenvalue weighted by atomic mass is 10.2. The summed E-state index contributed by atoms with van der Waals surface area (Å²) < 4.78 is 0. The highest BCUT2D eigenvalue weighted by molar-refractivity contribution is 5.97.